The van der Waals surface area contributed by atoms with Crippen LogP contribution in [0.3, 0.4) is 0 Å². The van der Waals surface area contributed by atoms with Gasteiger partial charge in [-0.1, -0.05) is 24.3 Å². The number of H-pyrrole nitrogens is 1. The molecule has 110 valence electrons. The second-order valence-corrected chi connectivity index (χ2v) is 5.75. The average Bonchev–Trinajstić information content (AvgIpc) is 3.02. The maximum atomic E-state index is 12.5. The Kier molecular flexibility index (Phi) is 3.15. The number of imidazole rings is 1. The van der Waals surface area contributed by atoms with Crippen LogP contribution in [0, 0.1) is 0 Å². The monoisotopic (exact) mass is 291 g/mol. The Balaban J connectivity index is 1.59. The van der Waals surface area contributed by atoms with Crippen LogP contribution in [0.2, 0.25) is 0 Å². The quantitative estimate of drug-likeness (QED) is 0.760. The van der Waals surface area contributed by atoms with Crippen molar-refractivity contribution < 1.29 is 4.79 Å². The molecule has 0 bridgehead atoms. The van der Waals surface area contributed by atoms with Crippen molar-refractivity contribution in [3.8, 4) is 0 Å². The van der Waals surface area contributed by atoms with E-state index in [0.717, 1.165) is 30.3 Å². The minimum Gasteiger partial charge on any atom is -0.345 e. The molecule has 4 nitrogen and oxygen atoms in total. The van der Waals surface area contributed by atoms with Gasteiger partial charge >= 0.3 is 0 Å². The number of carbonyl (C=O) groups excluding carboxylic acids is 1. The molecule has 1 atom stereocenters. The van der Waals surface area contributed by atoms with Gasteiger partial charge in [-0.2, -0.15) is 0 Å². The lowest BCUT2D eigenvalue weighted by Gasteiger charge is -2.26. The summed E-state index contributed by atoms with van der Waals surface area (Å²) >= 11 is 0. The molecular weight excluding hydrogens is 274 g/mol. The SMILES string of the molecule is O=C(N[C@H]1CCCc2ccccc21)c1ccc2nc[nH]c2c1. The van der Waals surface area contributed by atoms with Crippen LogP contribution in [-0.2, 0) is 6.42 Å². The molecule has 4 rings (SSSR count). The number of aromatic nitrogens is 2. The zero-order chi connectivity index (χ0) is 14.9. The Morgan fingerprint density at radius 3 is 3.09 bits per heavy atom. The van der Waals surface area contributed by atoms with Crippen molar-refractivity contribution in [3.05, 3.63) is 65.5 Å². The highest BCUT2D eigenvalue weighted by atomic mass is 16.1. The summed E-state index contributed by atoms with van der Waals surface area (Å²) in [6.07, 6.45) is 4.85. The molecule has 22 heavy (non-hydrogen) atoms. The van der Waals surface area contributed by atoms with Crippen LogP contribution in [-0.4, -0.2) is 15.9 Å². The summed E-state index contributed by atoms with van der Waals surface area (Å²) in [4.78, 5) is 19.8. The van der Waals surface area contributed by atoms with Crippen LogP contribution in [0.15, 0.2) is 48.8 Å². The highest BCUT2D eigenvalue weighted by Crippen LogP contribution is 2.29. The fraction of sp³-hybridized carbons (Fsp3) is 0.222. The zero-order valence-electron chi connectivity index (χ0n) is 12.2. The molecular formula is C18H17N3O. The van der Waals surface area contributed by atoms with Gasteiger partial charge in [-0.25, -0.2) is 4.98 Å². The van der Waals surface area contributed by atoms with E-state index in [4.69, 9.17) is 0 Å². The summed E-state index contributed by atoms with van der Waals surface area (Å²) in [5.74, 6) is -0.0294. The number of nitrogens with zero attached hydrogens (tertiary/aromatic N) is 1. The van der Waals surface area contributed by atoms with Crippen LogP contribution in [0.1, 0.15) is 40.4 Å². The topological polar surface area (TPSA) is 57.8 Å². The van der Waals surface area contributed by atoms with E-state index < -0.39 is 0 Å². The summed E-state index contributed by atoms with van der Waals surface area (Å²) < 4.78 is 0. The number of benzene rings is 2. The van der Waals surface area contributed by atoms with Crippen molar-refractivity contribution in [1.29, 1.82) is 0 Å². The smallest absolute Gasteiger partial charge is 0.251 e. The molecule has 2 aromatic carbocycles. The maximum absolute atomic E-state index is 12.5. The third-order valence-corrected chi connectivity index (χ3v) is 4.36. The first-order chi connectivity index (χ1) is 10.8. The van der Waals surface area contributed by atoms with Gasteiger partial charge in [0.25, 0.3) is 5.91 Å². The lowest BCUT2D eigenvalue weighted by Crippen LogP contribution is -2.30. The molecule has 0 unspecified atom stereocenters. The molecule has 1 aromatic heterocycles. The predicted octanol–water partition coefficient (Wildman–Crippen LogP) is 3.37. The molecule has 1 heterocycles. The van der Waals surface area contributed by atoms with Crippen molar-refractivity contribution >= 4 is 16.9 Å². The number of aryl methyl sites for hydroxylation is 1. The highest BCUT2D eigenvalue weighted by Gasteiger charge is 2.21. The van der Waals surface area contributed by atoms with E-state index >= 15 is 0 Å². The molecule has 2 N–H and O–H groups in total. The first-order valence-corrected chi connectivity index (χ1v) is 7.63. The second kappa shape index (κ2) is 5.30. The van der Waals surface area contributed by atoms with Crippen LogP contribution in [0.4, 0.5) is 0 Å². The van der Waals surface area contributed by atoms with Crippen molar-refractivity contribution in [3.63, 3.8) is 0 Å². The normalized spacial score (nSPS) is 17.2. The van der Waals surface area contributed by atoms with Gasteiger partial charge in [-0.05, 0) is 48.6 Å². The third kappa shape index (κ3) is 2.26. The fourth-order valence-corrected chi connectivity index (χ4v) is 3.22. The van der Waals surface area contributed by atoms with E-state index in [0.29, 0.717) is 5.56 Å². The zero-order valence-corrected chi connectivity index (χ0v) is 12.2. The molecule has 0 radical (unpaired) electrons. The number of amides is 1. The van der Waals surface area contributed by atoms with Gasteiger partial charge in [0.1, 0.15) is 0 Å². The van der Waals surface area contributed by atoms with Crippen LogP contribution < -0.4 is 5.32 Å². The first-order valence-electron chi connectivity index (χ1n) is 7.63. The van der Waals surface area contributed by atoms with E-state index in [-0.39, 0.29) is 11.9 Å². The predicted molar refractivity (Wildman–Crippen MR) is 85.7 cm³/mol. The molecule has 0 spiro atoms. The molecule has 1 aliphatic rings. The molecule has 0 fully saturated rings. The fourth-order valence-electron chi connectivity index (χ4n) is 3.22. The standard InChI is InChI=1S/C18H17N3O/c22-18(13-8-9-16-17(10-13)20-11-19-16)21-15-7-3-5-12-4-1-2-6-14(12)15/h1-2,4,6,8-11,15H,3,5,7H2,(H,19,20)(H,21,22)/t15-/m0/s1. The van der Waals surface area contributed by atoms with Crippen LogP contribution in [0.25, 0.3) is 11.0 Å². The number of nitrogens with one attached hydrogen (secondary N) is 2. The maximum Gasteiger partial charge on any atom is 0.251 e. The minimum absolute atomic E-state index is 0.0294. The lowest BCUT2D eigenvalue weighted by molar-refractivity contribution is 0.0933. The highest BCUT2D eigenvalue weighted by molar-refractivity contribution is 5.97. The van der Waals surface area contributed by atoms with Crippen molar-refractivity contribution in [2.75, 3.05) is 0 Å². The summed E-state index contributed by atoms with van der Waals surface area (Å²) in [5, 5.41) is 3.18. The van der Waals surface area contributed by atoms with E-state index in [1.54, 1.807) is 6.33 Å². The van der Waals surface area contributed by atoms with Crippen molar-refractivity contribution in [2.45, 2.75) is 25.3 Å². The summed E-state index contributed by atoms with van der Waals surface area (Å²) in [6, 6.07) is 14.0. The van der Waals surface area contributed by atoms with Crippen LogP contribution >= 0.6 is 0 Å². The van der Waals surface area contributed by atoms with Gasteiger partial charge in [0.2, 0.25) is 0 Å². The molecule has 3 aromatic rings. The Hall–Kier alpha value is -2.62. The minimum atomic E-state index is -0.0294. The second-order valence-electron chi connectivity index (χ2n) is 5.75. The Labute approximate surface area is 128 Å². The number of carbonyl (C=O) groups is 1. The molecule has 0 aliphatic heterocycles. The van der Waals surface area contributed by atoms with Crippen molar-refractivity contribution in [1.82, 2.24) is 15.3 Å². The van der Waals surface area contributed by atoms with E-state index in [1.807, 2.05) is 24.3 Å². The van der Waals surface area contributed by atoms with Gasteiger partial charge in [-0.3, -0.25) is 4.79 Å². The first kappa shape index (κ1) is 13.1. The number of aromatic amines is 1. The largest absolute Gasteiger partial charge is 0.345 e. The summed E-state index contributed by atoms with van der Waals surface area (Å²) in [7, 11) is 0. The Bertz CT molecular complexity index is 837. The third-order valence-electron chi connectivity index (χ3n) is 4.36. The van der Waals surface area contributed by atoms with Gasteiger partial charge in [0, 0.05) is 5.56 Å². The average molecular weight is 291 g/mol. The molecule has 4 heteroatoms. The Morgan fingerprint density at radius 1 is 1.23 bits per heavy atom. The molecule has 1 aliphatic carbocycles. The van der Waals surface area contributed by atoms with E-state index in [2.05, 4.69) is 33.5 Å². The van der Waals surface area contributed by atoms with E-state index in [9.17, 15) is 4.79 Å². The number of rotatable bonds is 2. The van der Waals surface area contributed by atoms with Gasteiger partial charge in [0.15, 0.2) is 0 Å². The van der Waals surface area contributed by atoms with Gasteiger partial charge < -0.3 is 10.3 Å². The van der Waals surface area contributed by atoms with Gasteiger partial charge in [0.05, 0.1) is 23.4 Å². The summed E-state index contributed by atoms with van der Waals surface area (Å²) in [6.45, 7) is 0. The number of fused-ring (bicyclic) bond motifs is 2. The number of hydrogen-bond acceptors (Lipinski definition) is 2. The molecule has 1 amide bonds. The van der Waals surface area contributed by atoms with Crippen molar-refractivity contribution in [2.24, 2.45) is 0 Å². The van der Waals surface area contributed by atoms with Crippen LogP contribution in [0.5, 0.6) is 0 Å². The number of hydrogen-bond donors (Lipinski definition) is 2. The molecule has 0 saturated heterocycles. The Morgan fingerprint density at radius 2 is 2.14 bits per heavy atom. The van der Waals surface area contributed by atoms with Gasteiger partial charge in [-0.15, -0.1) is 0 Å². The van der Waals surface area contributed by atoms with E-state index in [1.165, 1.54) is 11.1 Å². The lowest BCUT2D eigenvalue weighted by atomic mass is 9.87. The summed E-state index contributed by atoms with van der Waals surface area (Å²) in [5.41, 5.74) is 5.03. The molecule has 0 saturated carbocycles.